The number of fused-ring (bicyclic) bond motifs is 1. The predicted molar refractivity (Wildman–Crippen MR) is 107 cm³/mol. The van der Waals surface area contributed by atoms with Crippen LogP contribution in [0.4, 0.5) is 10.1 Å². The van der Waals surface area contributed by atoms with Gasteiger partial charge in [0.05, 0.1) is 18.0 Å². The van der Waals surface area contributed by atoms with Crippen LogP contribution in [0.25, 0.3) is 10.9 Å². The van der Waals surface area contributed by atoms with E-state index < -0.39 is 17.2 Å². The molecule has 0 radical (unpaired) electrons. The molecule has 2 fully saturated rings. The highest BCUT2D eigenvalue weighted by molar-refractivity contribution is 5.97. The second-order valence-corrected chi connectivity index (χ2v) is 7.50. The highest BCUT2D eigenvalue weighted by Crippen LogP contribution is 2.44. The first kappa shape index (κ1) is 20.4. The van der Waals surface area contributed by atoms with Gasteiger partial charge in [-0.25, -0.2) is 9.18 Å². The van der Waals surface area contributed by atoms with E-state index in [9.17, 15) is 14.7 Å². The summed E-state index contributed by atoms with van der Waals surface area (Å²) in [5, 5.41) is 9.40. The molecule has 1 saturated carbocycles. The lowest BCUT2D eigenvalue weighted by molar-refractivity contribution is 0.0695. The van der Waals surface area contributed by atoms with Crippen molar-refractivity contribution in [3.63, 3.8) is 0 Å². The van der Waals surface area contributed by atoms with Crippen LogP contribution in [0.5, 0.6) is 5.75 Å². The Labute approximate surface area is 167 Å². The van der Waals surface area contributed by atoms with Gasteiger partial charge in [0, 0.05) is 31.4 Å². The fourth-order valence-corrected chi connectivity index (χ4v) is 3.90. The number of aromatic nitrogens is 1. The first-order valence-corrected chi connectivity index (χ1v) is 9.02. The number of methoxy groups -OCH3 is 1. The number of hydrogen-bond donors (Lipinski definition) is 2. The van der Waals surface area contributed by atoms with Gasteiger partial charge in [-0.1, -0.05) is 6.92 Å². The molecule has 4 rings (SSSR count). The Morgan fingerprint density at radius 1 is 1.36 bits per heavy atom. The summed E-state index contributed by atoms with van der Waals surface area (Å²) in [6.45, 7) is 3.08. The summed E-state index contributed by atoms with van der Waals surface area (Å²) >= 11 is 0. The van der Waals surface area contributed by atoms with E-state index in [-0.39, 0.29) is 52.8 Å². The number of nitrogens with two attached hydrogens (primary N) is 1. The summed E-state index contributed by atoms with van der Waals surface area (Å²) in [4.78, 5) is 26.0. The number of aromatic carboxylic acids is 1. The van der Waals surface area contributed by atoms with E-state index in [0.717, 1.165) is 18.9 Å². The minimum atomic E-state index is -1.32. The van der Waals surface area contributed by atoms with Crippen molar-refractivity contribution in [2.45, 2.75) is 31.8 Å². The van der Waals surface area contributed by atoms with Crippen LogP contribution in [0, 0.1) is 11.7 Å². The molecule has 0 unspecified atom stereocenters. The lowest BCUT2D eigenvalue weighted by atomic mass is 10.1. The third-order valence-corrected chi connectivity index (χ3v) is 5.56. The molecule has 7 nitrogen and oxygen atoms in total. The van der Waals surface area contributed by atoms with Gasteiger partial charge in [-0.05, 0) is 24.8 Å². The molecule has 2 aliphatic rings. The largest absolute Gasteiger partial charge is 0.492 e. The Morgan fingerprint density at radius 2 is 2.04 bits per heavy atom. The summed E-state index contributed by atoms with van der Waals surface area (Å²) in [6.07, 6.45) is 3.10. The summed E-state index contributed by atoms with van der Waals surface area (Å²) < 4.78 is 22.4. The molecule has 152 valence electrons. The number of pyridine rings is 1. The lowest BCUT2D eigenvalue weighted by Gasteiger charge is -2.24. The molecular formula is C19H23ClFN3O4. The first-order chi connectivity index (χ1) is 12.8. The van der Waals surface area contributed by atoms with Crippen molar-refractivity contribution in [2.24, 2.45) is 11.7 Å². The molecule has 9 heteroatoms. The highest BCUT2D eigenvalue weighted by Gasteiger charge is 2.34. The van der Waals surface area contributed by atoms with Gasteiger partial charge < -0.3 is 25.0 Å². The van der Waals surface area contributed by atoms with E-state index in [0.29, 0.717) is 18.6 Å². The molecule has 1 aromatic carbocycles. The fraction of sp³-hybridized carbons (Fsp3) is 0.474. The Kier molecular flexibility index (Phi) is 5.29. The quantitative estimate of drug-likeness (QED) is 0.801. The van der Waals surface area contributed by atoms with Crippen LogP contribution < -0.4 is 20.8 Å². The van der Waals surface area contributed by atoms with Crippen LogP contribution in [0.3, 0.4) is 0 Å². The second-order valence-electron chi connectivity index (χ2n) is 7.50. The molecular weight excluding hydrogens is 389 g/mol. The van der Waals surface area contributed by atoms with E-state index in [4.69, 9.17) is 10.5 Å². The van der Waals surface area contributed by atoms with E-state index in [1.807, 2.05) is 11.8 Å². The maximum atomic E-state index is 15.1. The average molecular weight is 412 g/mol. The minimum absolute atomic E-state index is 0. The highest BCUT2D eigenvalue weighted by atomic mass is 35.5. The number of ether oxygens (including phenoxy) is 1. The standard InChI is InChI=1S/C19H22FN3O4.ClH/c1-9-6-22(8-14(9)21)16-13(20)5-11-15(18(16)27-2)23(10-3-4-10)7-12(17(11)24)19(25)26;/h5,7,9-10,14H,3-4,6,8,21H2,1-2H3,(H,25,26);1H/t9-,14-;/m0./s1. The third-order valence-electron chi connectivity index (χ3n) is 5.56. The number of benzene rings is 1. The molecule has 2 heterocycles. The van der Waals surface area contributed by atoms with Gasteiger partial charge in [-0.2, -0.15) is 0 Å². The van der Waals surface area contributed by atoms with Gasteiger partial charge >= 0.3 is 5.97 Å². The Balaban J connectivity index is 0.00000225. The molecule has 3 N–H and O–H groups in total. The van der Waals surface area contributed by atoms with Gasteiger partial charge in [-0.3, -0.25) is 4.79 Å². The number of carboxylic acid groups (broad SMARTS) is 1. The van der Waals surface area contributed by atoms with Gasteiger partial charge in [0.25, 0.3) is 0 Å². The van der Waals surface area contributed by atoms with Crippen molar-refractivity contribution < 1.29 is 19.0 Å². The van der Waals surface area contributed by atoms with E-state index in [1.54, 1.807) is 4.57 Å². The van der Waals surface area contributed by atoms with Crippen molar-refractivity contribution in [1.29, 1.82) is 0 Å². The Hall–Kier alpha value is -2.32. The number of anilines is 1. The zero-order valence-corrected chi connectivity index (χ0v) is 16.5. The maximum absolute atomic E-state index is 15.1. The van der Waals surface area contributed by atoms with Crippen molar-refractivity contribution in [2.75, 3.05) is 25.1 Å². The summed E-state index contributed by atoms with van der Waals surface area (Å²) in [7, 11) is 1.43. The molecule has 1 saturated heterocycles. The molecule has 0 amide bonds. The van der Waals surface area contributed by atoms with E-state index in [2.05, 4.69) is 0 Å². The summed E-state index contributed by atoms with van der Waals surface area (Å²) in [5.74, 6) is -1.47. The summed E-state index contributed by atoms with van der Waals surface area (Å²) in [6, 6.07) is 1.14. The summed E-state index contributed by atoms with van der Waals surface area (Å²) in [5.41, 5.74) is 5.76. The van der Waals surface area contributed by atoms with Crippen LogP contribution >= 0.6 is 12.4 Å². The zero-order chi connectivity index (χ0) is 19.5. The Bertz CT molecular complexity index is 995. The number of halogens is 2. The number of rotatable bonds is 4. The molecule has 1 aliphatic carbocycles. The van der Waals surface area contributed by atoms with Crippen LogP contribution in [0.1, 0.15) is 36.2 Å². The molecule has 1 aromatic heterocycles. The number of nitrogens with zero attached hydrogens (tertiary/aromatic N) is 2. The Morgan fingerprint density at radius 3 is 2.54 bits per heavy atom. The number of carboxylic acids is 1. The molecule has 0 spiro atoms. The van der Waals surface area contributed by atoms with Crippen molar-refractivity contribution in [3.05, 3.63) is 33.9 Å². The van der Waals surface area contributed by atoms with Crippen LogP contribution in [-0.4, -0.2) is 41.9 Å². The number of carbonyl (C=O) groups is 1. The van der Waals surface area contributed by atoms with E-state index >= 15 is 4.39 Å². The topological polar surface area (TPSA) is 97.8 Å². The van der Waals surface area contributed by atoms with Gasteiger partial charge in [-0.15, -0.1) is 12.4 Å². The average Bonchev–Trinajstić information content (AvgIpc) is 3.40. The van der Waals surface area contributed by atoms with Gasteiger partial charge in [0.1, 0.15) is 11.3 Å². The lowest BCUT2D eigenvalue weighted by Crippen LogP contribution is -2.29. The van der Waals surface area contributed by atoms with Crippen LogP contribution in [0.15, 0.2) is 17.1 Å². The SMILES string of the molecule is COc1c(N2C[C@H](C)[C@@H](N)C2)c(F)cc2c(=O)c(C(=O)O)cn(C3CC3)c12.Cl. The second kappa shape index (κ2) is 7.25. The number of hydrogen-bond acceptors (Lipinski definition) is 5. The molecule has 0 bridgehead atoms. The molecule has 2 atom stereocenters. The van der Waals surface area contributed by atoms with Gasteiger partial charge in [0.2, 0.25) is 5.43 Å². The molecule has 1 aliphatic heterocycles. The zero-order valence-electron chi connectivity index (χ0n) is 15.6. The monoisotopic (exact) mass is 411 g/mol. The van der Waals surface area contributed by atoms with Crippen molar-refractivity contribution in [3.8, 4) is 5.75 Å². The third kappa shape index (κ3) is 3.10. The van der Waals surface area contributed by atoms with Crippen LogP contribution in [0.2, 0.25) is 0 Å². The van der Waals surface area contributed by atoms with Crippen molar-refractivity contribution >= 4 is 35.0 Å². The smallest absolute Gasteiger partial charge is 0.341 e. The first-order valence-electron chi connectivity index (χ1n) is 9.02. The maximum Gasteiger partial charge on any atom is 0.341 e. The minimum Gasteiger partial charge on any atom is -0.492 e. The molecule has 2 aromatic rings. The fourth-order valence-electron chi connectivity index (χ4n) is 3.90. The molecule has 28 heavy (non-hydrogen) atoms. The normalized spacial score (nSPS) is 21.6. The van der Waals surface area contributed by atoms with Crippen molar-refractivity contribution in [1.82, 2.24) is 4.57 Å². The predicted octanol–water partition coefficient (Wildman–Crippen LogP) is 2.39. The van der Waals surface area contributed by atoms with Crippen LogP contribution in [-0.2, 0) is 0 Å². The van der Waals surface area contributed by atoms with E-state index in [1.165, 1.54) is 13.3 Å². The van der Waals surface area contributed by atoms with Gasteiger partial charge in [0.15, 0.2) is 11.6 Å².